The highest BCUT2D eigenvalue weighted by Gasteiger charge is 2.53. The van der Waals surface area contributed by atoms with Gasteiger partial charge in [0.2, 0.25) is 0 Å². The Hall–Kier alpha value is -0.860. The van der Waals surface area contributed by atoms with Crippen molar-refractivity contribution in [3.8, 4) is 0 Å². The van der Waals surface area contributed by atoms with Gasteiger partial charge in [-0.1, -0.05) is 43.2 Å². The van der Waals surface area contributed by atoms with Crippen LogP contribution in [-0.4, -0.2) is 35.7 Å². The normalized spacial score (nSPS) is 30.5. The summed E-state index contributed by atoms with van der Waals surface area (Å²) in [5.74, 6) is 1.04. The monoisotopic (exact) mass is 259 g/mol. The van der Waals surface area contributed by atoms with Gasteiger partial charge in [-0.25, -0.2) is 0 Å². The van der Waals surface area contributed by atoms with Crippen molar-refractivity contribution in [1.82, 2.24) is 4.90 Å². The lowest BCUT2D eigenvalue weighted by atomic mass is 9.85. The third-order valence-electron chi connectivity index (χ3n) is 5.38. The van der Waals surface area contributed by atoms with Crippen LogP contribution in [0.5, 0.6) is 0 Å². The number of nitrogens with zero attached hydrogens (tertiary/aromatic N) is 1. The van der Waals surface area contributed by atoms with Crippen molar-refractivity contribution in [2.24, 2.45) is 5.92 Å². The maximum Gasteiger partial charge on any atom is 0.0757 e. The van der Waals surface area contributed by atoms with Crippen LogP contribution in [0.1, 0.15) is 43.6 Å². The zero-order valence-electron chi connectivity index (χ0n) is 12.0. The number of hydrogen-bond donors (Lipinski definition) is 1. The fraction of sp³-hybridized carbons (Fsp3) is 0.647. The van der Waals surface area contributed by atoms with Gasteiger partial charge in [0.1, 0.15) is 0 Å². The van der Waals surface area contributed by atoms with Crippen molar-refractivity contribution in [3.05, 3.63) is 35.9 Å². The molecule has 0 aromatic heterocycles. The topological polar surface area (TPSA) is 23.5 Å². The van der Waals surface area contributed by atoms with Gasteiger partial charge in [-0.3, -0.25) is 0 Å². The van der Waals surface area contributed by atoms with E-state index in [1.165, 1.54) is 18.4 Å². The Morgan fingerprint density at radius 3 is 2.37 bits per heavy atom. The molecular formula is C17H25NO. The average molecular weight is 259 g/mol. The highest BCUT2D eigenvalue weighted by atomic mass is 16.3. The molecule has 2 saturated carbocycles. The number of hydrogen-bond acceptors (Lipinski definition) is 2. The summed E-state index contributed by atoms with van der Waals surface area (Å²) in [5, 5.41) is 10.9. The Bertz CT molecular complexity index is 422. The van der Waals surface area contributed by atoms with Crippen LogP contribution in [0.4, 0.5) is 0 Å². The Morgan fingerprint density at radius 1 is 1.16 bits per heavy atom. The molecule has 0 aliphatic heterocycles. The number of rotatable bonds is 4. The molecule has 19 heavy (non-hydrogen) atoms. The zero-order valence-corrected chi connectivity index (χ0v) is 12.0. The lowest BCUT2D eigenvalue weighted by Crippen LogP contribution is -2.52. The molecule has 0 saturated heterocycles. The largest absolute Gasteiger partial charge is 0.391 e. The Labute approximate surface area is 116 Å². The zero-order chi connectivity index (χ0) is 13.5. The second-order valence-corrected chi connectivity index (χ2v) is 6.57. The van der Waals surface area contributed by atoms with E-state index in [2.05, 4.69) is 49.3 Å². The molecule has 0 spiro atoms. The fourth-order valence-corrected chi connectivity index (χ4v) is 4.04. The molecule has 0 amide bonds. The highest BCUT2D eigenvalue weighted by molar-refractivity contribution is 5.27. The molecule has 2 aliphatic rings. The van der Waals surface area contributed by atoms with Crippen molar-refractivity contribution in [2.75, 3.05) is 14.1 Å². The summed E-state index contributed by atoms with van der Waals surface area (Å²) in [6.45, 7) is 0. The van der Waals surface area contributed by atoms with Gasteiger partial charge in [0.15, 0.2) is 0 Å². The summed E-state index contributed by atoms with van der Waals surface area (Å²) >= 11 is 0. The van der Waals surface area contributed by atoms with E-state index in [9.17, 15) is 5.11 Å². The molecule has 3 atom stereocenters. The molecule has 1 aromatic rings. The third kappa shape index (κ3) is 2.21. The van der Waals surface area contributed by atoms with Crippen LogP contribution in [0, 0.1) is 5.92 Å². The summed E-state index contributed by atoms with van der Waals surface area (Å²) < 4.78 is 0. The second-order valence-electron chi connectivity index (χ2n) is 6.57. The van der Waals surface area contributed by atoms with Crippen molar-refractivity contribution < 1.29 is 5.11 Å². The first kappa shape index (κ1) is 13.1. The molecule has 2 nitrogen and oxygen atoms in total. The molecule has 2 heteroatoms. The van der Waals surface area contributed by atoms with E-state index >= 15 is 0 Å². The lowest BCUT2D eigenvalue weighted by Gasteiger charge is -2.41. The van der Waals surface area contributed by atoms with Crippen LogP contribution in [-0.2, 0) is 0 Å². The van der Waals surface area contributed by atoms with Gasteiger partial charge in [-0.05, 0) is 50.8 Å². The first-order valence-electron chi connectivity index (χ1n) is 7.55. The van der Waals surface area contributed by atoms with E-state index in [4.69, 9.17) is 0 Å². The van der Waals surface area contributed by atoms with E-state index in [0.29, 0.717) is 11.8 Å². The van der Waals surface area contributed by atoms with Gasteiger partial charge in [0, 0.05) is 5.54 Å². The third-order valence-corrected chi connectivity index (χ3v) is 5.38. The lowest BCUT2D eigenvalue weighted by molar-refractivity contribution is -0.0174. The molecule has 0 heterocycles. The summed E-state index contributed by atoms with van der Waals surface area (Å²) in [5.41, 5.74) is 1.44. The van der Waals surface area contributed by atoms with Gasteiger partial charge >= 0.3 is 0 Å². The summed E-state index contributed by atoms with van der Waals surface area (Å²) in [6, 6.07) is 10.7. The number of benzene rings is 1. The fourth-order valence-electron chi connectivity index (χ4n) is 4.04. The van der Waals surface area contributed by atoms with Crippen LogP contribution >= 0.6 is 0 Å². The molecule has 3 rings (SSSR count). The van der Waals surface area contributed by atoms with E-state index in [0.717, 1.165) is 19.3 Å². The van der Waals surface area contributed by atoms with Crippen LogP contribution in [0.3, 0.4) is 0 Å². The maximum atomic E-state index is 10.9. The first-order valence-corrected chi connectivity index (χ1v) is 7.55. The predicted octanol–water partition coefficient (Wildman–Crippen LogP) is 3.03. The van der Waals surface area contributed by atoms with Gasteiger partial charge in [-0.2, -0.15) is 0 Å². The minimum atomic E-state index is -0.171. The highest BCUT2D eigenvalue weighted by Crippen LogP contribution is 2.54. The van der Waals surface area contributed by atoms with Crippen LogP contribution < -0.4 is 0 Å². The summed E-state index contributed by atoms with van der Waals surface area (Å²) in [4.78, 5) is 2.28. The minimum absolute atomic E-state index is 0.0359. The number of aliphatic hydroxyl groups is 1. The van der Waals surface area contributed by atoms with Crippen molar-refractivity contribution in [2.45, 2.75) is 49.7 Å². The van der Waals surface area contributed by atoms with Crippen molar-refractivity contribution in [3.63, 3.8) is 0 Å². The molecule has 2 aliphatic carbocycles. The summed E-state index contributed by atoms with van der Waals surface area (Å²) in [6.07, 6.45) is 5.81. The molecule has 1 aromatic carbocycles. The molecule has 3 unspecified atom stereocenters. The smallest absolute Gasteiger partial charge is 0.0757 e. The predicted molar refractivity (Wildman–Crippen MR) is 78.2 cm³/mol. The Kier molecular flexibility index (Phi) is 3.40. The van der Waals surface area contributed by atoms with Gasteiger partial charge in [-0.15, -0.1) is 0 Å². The molecule has 104 valence electrons. The van der Waals surface area contributed by atoms with Gasteiger partial charge < -0.3 is 10.0 Å². The van der Waals surface area contributed by atoms with Crippen molar-refractivity contribution >= 4 is 0 Å². The van der Waals surface area contributed by atoms with E-state index in [1.807, 2.05) is 0 Å². The standard InChI is InChI=1S/C17H25NO/c1-18(2)17(10-6-7-11-17)16(19)15-12-14(15)13-8-4-3-5-9-13/h3-5,8-9,14-16,19H,6-7,10-12H2,1-2H3. The molecule has 0 bridgehead atoms. The molecule has 0 radical (unpaired) electrons. The maximum absolute atomic E-state index is 10.9. The number of likely N-dealkylation sites (N-methyl/N-ethyl adjacent to an activating group) is 1. The van der Waals surface area contributed by atoms with Crippen LogP contribution in [0.15, 0.2) is 30.3 Å². The summed E-state index contributed by atoms with van der Waals surface area (Å²) in [7, 11) is 4.27. The van der Waals surface area contributed by atoms with Gasteiger partial charge in [0.05, 0.1) is 6.10 Å². The number of aliphatic hydroxyl groups excluding tert-OH is 1. The minimum Gasteiger partial charge on any atom is -0.391 e. The van der Waals surface area contributed by atoms with Crippen LogP contribution in [0.2, 0.25) is 0 Å². The Balaban J connectivity index is 1.74. The van der Waals surface area contributed by atoms with E-state index < -0.39 is 0 Å². The van der Waals surface area contributed by atoms with Crippen molar-refractivity contribution in [1.29, 1.82) is 0 Å². The van der Waals surface area contributed by atoms with E-state index in [-0.39, 0.29) is 11.6 Å². The second kappa shape index (κ2) is 4.92. The SMILES string of the molecule is CN(C)C1(C(O)C2CC2c2ccccc2)CCCC1. The average Bonchev–Trinajstić information content (AvgIpc) is 3.06. The van der Waals surface area contributed by atoms with Gasteiger partial charge in [0.25, 0.3) is 0 Å². The first-order chi connectivity index (χ1) is 9.15. The van der Waals surface area contributed by atoms with E-state index in [1.54, 1.807) is 0 Å². The quantitative estimate of drug-likeness (QED) is 0.898. The van der Waals surface area contributed by atoms with Crippen LogP contribution in [0.25, 0.3) is 0 Å². The Morgan fingerprint density at radius 2 is 1.79 bits per heavy atom. The molecule has 2 fully saturated rings. The molecular weight excluding hydrogens is 234 g/mol. The molecule has 1 N–H and O–H groups in total.